The number of rotatable bonds is 6. The van der Waals surface area contributed by atoms with E-state index in [-0.39, 0.29) is 10.9 Å². The molecular weight excluding hydrogens is 444 g/mol. The van der Waals surface area contributed by atoms with Crippen molar-refractivity contribution in [2.24, 2.45) is 0 Å². The number of hydrogen-bond acceptors (Lipinski definition) is 2. The minimum atomic E-state index is 0.0507. The van der Waals surface area contributed by atoms with Crippen LogP contribution in [0.2, 0.25) is 0 Å². The molecule has 186 valence electrons. The Bertz CT molecular complexity index is 1650. The van der Waals surface area contributed by atoms with E-state index in [4.69, 9.17) is 0 Å². The van der Waals surface area contributed by atoms with E-state index in [2.05, 4.69) is 74.9 Å². The fraction of sp³-hybridized carbons (Fsp3) is 0.375. The lowest BCUT2D eigenvalue weighted by molar-refractivity contribution is 0.815. The molecule has 2 heterocycles. The first-order chi connectivity index (χ1) is 17.4. The highest BCUT2D eigenvalue weighted by Crippen LogP contribution is 2.29. The van der Waals surface area contributed by atoms with Gasteiger partial charge in [-0.3, -0.25) is 9.59 Å². The van der Waals surface area contributed by atoms with Gasteiger partial charge in [-0.25, -0.2) is 0 Å². The van der Waals surface area contributed by atoms with Crippen molar-refractivity contribution < 1.29 is 0 Å². The van der Waals surface area contributed by atoms with Crippen LogP contribution >= 0.6 is 0 Å². The van der Waals surface area contributed by atoms with Crippen molar-refractivity contribution in [2.45, 2.75) is 80.3 Å². The minimum absolute atomic E-state index is 0.0507. The summed E-state index contributed by atoms with van der Waals surface area (Å²) in [5.74, 6) is 0. The summed E-state index contributed by atoms with van der Waals surface area (Å²) >= 11 is 0. The van der Waals surface area contributed by atoms with Crippen LogP contribution in [0.25, 0.3) is 43.6 Å². The second kappa shape index (κ2) is 9.24. The van der Waals surface area contributed by atoms with E-state index >= 15 is 0 Å². The third kappa shape index (κ3) is 3.42. The van der Waals surface area contributed by atoms with Gasteiger partial charge in [-0.1, -0.05) is 27.7 Å². The molecule has 0 amide bonds. The Labute approximate surface area is 212 Å². The molecule has 0 spiro atoms. The molecule has 0 saturated carbocycles. The highest BCUT2D eigenvalue weighted by atomic mass is 16.1. The minimum Gasteiger partial charge on any atom is -0.341 e. The molecule has 4 nitrogen and oxygen atoms in total. The fourth-order valence-corrected chi connectivity index (χ4v) is 6.10. The number of pyridine rings is 2. The molecule has 0 aliphatic carbocycles. The zero-order valence-corrected chi connectivity index (χ0v) is 22.4. The lowest BCUT2D eigenvalue weighted by Crippen LogP contribution is -2.16. The largest absolute Gasteiger partial charge is 0.341 e. The summed E-state index contributed by atoms with van der Waals surface area (Å²) in [6.45, 7) is 14.3. The predicted molar refractivity (Wildman–Crippen MR) is 154 cm³/mol. The van der Waals surface area contributed by atoms with E-state index in [0.29, 0.717) is 10.8 Å². The van der Waals surface area contributed by atoms with Gasteiger partial charge in [-0.2, -0.15) is 0 Å². The van der Waals surface area contributed by atoms with Gasteiger partial charge in [-0.15, -0.1) is 0 Å². The second-order valence-electron chi connectivity index (χ2n) is 9.72. The Kier molecular flexibility index (Phi) is 6.23. The number of benzene rings is 3. The number of fused-ring (bicyclic) bond motifs is 4. The molecule has 5 rings (SSSR count). The first kappa shape index (κ1) is 24.3. The Morgan fingerprint density at radius 3 is 1.03 bits per heavy atom. The number of aryl methyl sites for hydroxylation is 6. The summed E-state index contributed by atoms with van der Waals surface area (Å²) in [6, 6.07) is 12.5. The Balaban J connectivity index is 2.02. The smallest absolute Gasteiger partial charge is 0.197 e. The van der Waals surface area contributed by atoms with Crippen LogP contribution in [0, 0.1) is 0 Å². The average Bonchev–Trinajstić information content (AvgIpc) is 2.91. The third-order valence-electron chi connectivity index (χ3n) is 8.05. The molecule has 5 aromatic rings. The predicted octanol–water partition coefficient (Wildman–Crippen LogP) is 6.91. The van der Waals surface area contributed by atoms with Crippen LogP contribution in [-0.4, -0.2) is 9.13 Å². The van der Waals surface area contributed by atoms with Gasteiger partial charge >= 0.3 is 0 Å². The summed E-state index contributed by atoms with van der Waals surface area (Å²) in [7, 11) is 0. The van der Waals surface area contributed by atoms with Crippen molar-refractivity contribution in [3.05, 3.63) is 79.1 Å². The molecule has 0 saturated heterocycles. The molecule has 4 heteroatoms. The van der Waals surface area contributed by atoms with Crippen molar-refractivity contribution in [3.63, 3.8) is 0 Å². The van der Waals surface area contributed by atoms with Crippen molar-refractivity contribution in [2.75, 3.05) is 0 Å². The van der Waals surface area contributed by atoms with Gasteiger partial charge in [0.25, 0.3) is 0 Å². The van der Waals surface area contributed by atoms with E-state index in [1.54, 1.807) is 0 Å². The normalized spacial score (nSPS) is 11.9. The number of aromatic nitrogens is 2. The van der Waals surface area contributed by atoms with Crippen LogP contribution in [0.4, 0.5) is 0 Å². The Morgan fingerprint density at radius 1 is 0.444 bits per heavy atom. The van der Waals surface area contributed by atoms with E-state index < -0.39 is 0 Å². The first-order valence-electron chi connectivity index (χ1n) is 13.6. The monoisotopic (exact) mass is 480 g/mol. The number of nitrogens with zero attached hydrogens (tertiary/aromatic N) is 2. The molecule has 0 radical (unpaired) electrons. The topological polar surface area (TPSA) is 44.0 Å². The molecule has 36 heavy (non-hydrogen) atoms. The maximum absolute atomic E-state index is 13.9. The van der Waals surface area contributed by atoms with Crippen LogP contribution in [-0.2, 0) is 38.8 Å². The van der Waals surface area contributed by atoms with Crippen molar-refractivity contribution in [1.29, 1.82) is 0 Å². The van der Waals surface area contributed by atoms with Crippen molar-refractivity contribution in [3.8, 4) is 0 Å². The first-order valence-corrected chi connectivity index (χ1v) is 13.6. The molecule has 0 aliphatic rings. The van der Waals surface area contributed by atoms with E-state index in [1.165, 1.54) is 22.3 Å². The summed E-state index contributed by atoms with van der Waals surface area (Å²) in [6.07, 6.45) is 3.67. The molecule has 0 bridgehead atoms. The molecule has 0 fully saturated rings. The lowest BCUT2D eigenvalue weighted by atomic mass is 9.96. The van der Waals surface area contributed by atoms with Crippen molar-refractivity contribution in [1.82, 2.24) is 9.13 Å². The van der Waals surface area contributed by atoms with E-state index in [1.807, 2.05) is 12.1 Å². The lowest BCUT2D eigenvalue weighted by Gasteiger charge is -2.19. The maximum atomic E-state index is 13.9. The fourth-order valence-electron chi connectivity index (χ4n) is 6.10. The quantitative estimate of drug-likeness (QED) is 0.248. The summed E-state index contributed by atoms with van der Waals surface area (Å²) in [5, 5.41) is 2.91. The zero-order chi connectivity index (χ0) is 25.7. The molecule has 0 unspecified atom stereocenters. The highest BCUT2D eigenvalue weighted by Gasteiger charge is 2.18. The van der Waals surface area contributed by atoms with Gasteiger partial charge in [0.2, 0.25) is 0 Å². The Morgan fingerprint density at radius 2 is 0.722 bits per heavy atom. The summed E-state index contributed by atoms with van der Waals surface area (Å²) in [5.41, 5.74) is 8.74. The van der Waals surface area contributed by atoms with Gasteiger partial charge in [0.05, 0.1) is 22.1 Å². The molecule has 0 N–H and O–H groups in total. The molecule has 0 atom stereocenters. The van der Waals surface area contributed by atoms with Crippen LogP contribution in [0.15, 0.2) is 46.0 Å². The van der Waals surface area contributed by atoms with E-state index in [0.717, 1.165) is 71.6 Å². The van der Waals surface area contributed by atoms with Gasteiger partial charge in [0.1, 0.15) is 0 Å². The molecule has 3 aromatic carbocycles. The molecular formula is C32H36N2O2. The van der Waals surface area contributed by atoms with Gasteiger partial charge in [-0.05, 0) is 98.2 Å². The van der Waals surface area contributed by atoms with Crippen LogP contribution in [0.1, 0.15) is 63.8 Å². The standard InChI is InChI=1S/C32H36N2O2/c1-7-19-13-23-27(15-21(19)9-3)33(11-5)29-18-26-30(17-25(29)31(23)35)34(12-6)28-16-22(10-4)20(8-2)14-24(28)32(26)36/h13-18H,7-12H2,1-6H3. The maximum Gasteiger partial charge on any atom is 0.197 e. The third-order valence-corrected chi connectivity index (χ3v) is 8.05. The van der Waals surface area contributed by atoms with Gasteiger partial charge in [0, 0.05) is 34.6 Å². The summed E-state index contributed by atoms with van der Waals surface area (Å²) in [4.78, 5) is 27.8. The van der Waals surface area contributed by atoms with Crippen LogP contribution in [0.5, 0.6) is 0 Å². The van der Waals surface area contributed by atoms with E-state index in [9.17, 15) is 9.59 Å². The van der Waals surface area contributed by atoms with Gasteiger partial charge < -0.3 is 9.13 Å². The molecule has 2 aromatic heterocycles. The highest BCUT2D eigenvalue weighted by molar-refractivity contribution is 6.04. The zero-order valence-electron chi connectivity index (χ0n) is 22.4. The average molecular weight is 481 g/mol. The Hall–Kier alpha value is -3.40. The van der Waals surface area contributed by atoms with Crippen LogP contribution in [0.3, 0.4) is 0 Å². The van der Waals surface area contributed by atoms with Crippen LogP contribution < -0.4 is 10.9 Å². The summed E-state index contributed by atoms with van der Waals surface area (Å²) < 4.78 is 4.42. The second-order valence-corrected chi connectivity index (χ2v) is 9.72. The SMILES string of the molecule is CCc1cc2c(=O)c3cc4c(cc3n(CC)c2cc1CC)c(=O)c1cc(CC)c(CC)cc1n4CC. The van der Waals surface area contributed by atoms with Crippen molar-refractivity contribution >= 4 is 43.6 Å². The molecule has 0 aliphatic heterocycles. The van der Waals surface area contributed by atoms with Gasteiger partial charge in [0.15, 0.2) is 10.9 Å². The number of hydrogen-bond donors (Lipinski definition) is 0.